The standard InChI is InChI=1S/C18H24N2O2/c1-14-6-5-9-17(19-14)22-16-10-12-20(13-11-16)18(21)15-7-3-2-4-8-15/h2-3,5-6,9,15-16H,4,7-8,10-13H2,1H3/t15-/m0/s1. The number of pyridine rings is 1. The van der Waals surface area contributed by atoms with Crippen LogP contribution in [-0.2, 0) is 4.79 Å². The van der Waals surface area contributed by atoms with Gasteiger partial charge in [0.2, 0.25) is 11.8 Å². The Labute approximate surface area is 132 Å². The van der Waals surface area contributed by atoms with Gasteiger partial charge in [-0.25, -0.2) is 4.98 Å². The molecular weight excluding hydrogens is 276 g/mol. The fourth-order valence-electron chi connectivity index (χ4n) is 3.22. The van der Waals surface area contributed by atoms with Crippen molar-refractivity contribution in [3.8, 4) is 5.88 Å². The maximum absolute atomic E-state index is 12.5. The number of aryl methyl sites for hydroxylation is 1. The predicted molar refractivity (Wildman–Crippen MR) is 85.7 cm³/mol. The summed E-state index contributed by atoms with van der Waals surface area (Å²) in [6, 6.07) is 5.83. The lowest BCUT2D eigenvalue weighted by molar-refractivity contribution is -0.137. The van der Waals surface area contributed by atoms with Crippen molar-refractivity contribution in [2.75, 3.05) is 13.1 Å². The van der Waals surface area contributed by atoms with E-state index in [0.29, 0.717) is 11.8 Å². The molecule has 0 unspecified atom stereocenters. The average molecular weight is 300 g/mol. The van der Waals surface area contributed by atoms with Crippen LogP contribution in [0.2, 0.25) is 0 Å². The highest BCUT2D eigenvalue weighted by Gasteiger charge is 2.28. The van der Waals surface area contributed by atoms with Gasteiger partial charge >= 0.3 is 0 Å². The smallest absolute Gasteiger partial charge is 0.226 e. The molecule has 0 N–H and O–H groups in total. The molecule has 1 atom stereocenters. The lowest BCUT2D eigenvalue weighted by Gasteiger charge is -2.34. The molecule has 1 aromatic heterocycles. The summed E-state index contributed by atoms with van der Waals surface area (Å²) >= 11 is 0. The van der Waals surface area contributed by atoms with Gasteiger partial charge in [0.05, 0.1) is 0 Å². The Morgan fingerprint density at radius 3 is 2.73 bits per heavy atom. The Morgan fingerprint density at radius 1 is 1.23 bits per heavy atom. The zero-order chi connectivity index (χ0) is 15.4. The monoisotopic (exact) mass is 300 g/mol. The summed E-state index contributed by atoms with van der Waals surface area (Å²) in [5, 5.41) is 0. The number of aromatic nitrogens is 1. The molecule has 1 amide bonds. The van der Waals surface area contributed by atoms with Crippen LogP contribution in [0.4, 0.5) is 0 Å². The number of rotatable bonds is 3. The van der Waals surface area contributed by atoms with Crippen molar-refractivity contribution in [1.29, 1.82) is 0 Å². The van der Waals surface area contributed by atoms with Gasteiger partial charge in [-0.2, -0.15) is 0 Å². The highest BCUT2D eigenvalue weighted by Crippen LogP contribution is 2.24. The van der Waals surface area contributed by atoms with Crippen molar-refractivity contribution in [2.45, 2.75) is 45.1 Å². The van der Waals surface area contributed by atoms with Gasteiger partial charge in [-0.05, 0) is 32.3 Å². The third-order valence-electron chi connectivity index (χ3n) is 4.52. The van der Waals surface area contributed by atoms with Crippen molar-refractivity contribution in [2.24, 2.45) is 5.92 Å². The number of carbonyl (C=O) groups is 1. The molecule has 1 aromatic rings. The first-order valence-electron chi connectivity index (χ1n) is 8.26. The Balaban J connectivity index is 1.49. The van der Waals surface area contributed by atoms with Gasteiger partial charge in [0.25, 0.3) is 0 Å². The molecule has 1 saturated heterocycles. The van der Waals surface area contributed by atoms with Crippen LogP contribution < -0.4 is 4.74 Å². The van der Waals surface area contributed by atoms with E-state index in [9.17, 15) is 4.79 Å². The summed E-state index contributed by atoms with van der Waals surface area (Å²) < 4.78 is 5.95. The molecule has 1 fully saturated rings. The number of likely N-dealkylation sites (tertiary alicyclic amines) is 1. The summed E-state index contributed by atoms with van der Waals surface area (Å²) in [7, 11) is 0. The van der Waals surface area contributed by atoms with Crippen molar-refractivity contribution in [1.82, 2.24) is 9.88 Å². The molecule has 0 saturated carbocycles. The van der Waals surface area contributed by atoms with Crippen molar-refractivity contribution in [3.63, 3.8) is 0 Å². The number of nitrogens with zero attached hydrogens (tertiary/aromatic N) is 2. The zero-order valence-electron chi connectivity index (χ0n) is 13.2. The van der Waals surface area contributed by atoms with Crippen LogP contribution in [0.3, 0.4) is 0 Å². The van der Waals surface area contributed by atoms with E-state index in [1.165, 1.54) is 0 Å². The number of hydrogen-bond donors (Lipinski definition) is 0. The molecule has 2 heterocycles. The van der Waals surface area contributed by atoms with Crippen LogP contribution in [0.1, 0.15) is 37.8 Å². The van der Waals surface area contributed by atoms with E-state index >= 15 is 0 Å². The van der Waals surface area contributed by atoms with E-state index in [-0.39, 0.29) is 12.0 Å². The van der Waals surface area contributed by atoms with Gasteiger partial charge in [-0.1, -0.05) is 18.2 Å². The lowest BCUT2D eigenvalue weighted by Crippen LogP contribution is -2.44. The Bertz CT molecular complexity index is 548. The number of carbonyl (C=O) groups excluding carboxylic acids is 1. The third-order valence-corrected chi connectivity index (χ3v) is 4.52. The summed E-state index contributed by atoms with van der Waals surface area (Å²) in [5.74, 6) is 1.22. The molecule has 2 aliphatic rings. The highest BCUT2D eigenvalue weighted by molar-refractivity contribution is 5.79. The minimum Gasteiger partial charge on any atom is -0.474 e. The molecule has 0 aromatic carbocycles. The van der Waals surface area contributed by atoms with Gasteiger partial charge < -0.3 is 9.64 Å². The summed E-state index contributed by atoms with van der Waals surface area (Å²) in [5.41, 5.74) is 0.968. The van der Waals surface area contributed by atoms with Crippen LogP contribution in [0.15, 0.2) is 30.4 Å². The van der Waals surface area contributed by atoms with Gasteiger partial charge in [0, 0.05) is 43.6 Å². The van der Waals surface area contributed by atoms with E-state index in [0.717, 1.165) is 50.9 Å². The average Bonchev–Trinajstić information content (AvgIpc) is 2.56. The molecule has 1 aliphatic heterocycles. The van der Waals surface area contributed by atoms with Gasteiger partial charge in [-0.3, -0.25) is 4.79 Å². The topological polar surface area (TPSA) is 42.4 Å². The van der Waals surface area contributed by atoms with Crippen molar-refractivity contribution < 1.29 is 9.53 Å². The minimum atomic E-state index is 0.171. The number of amides is 1. The Kier molecular flexibility index (Phi) is 4.76. The number of piperidine rings is 1. The van der Waals surface area contributed by atoms with E-state index < -0.39 is 0 Å². The maximum Gasteiger partial charge on any atom is 0.226 e. The third kappa shape index (κ3) is 3.67. The van der Waals surface area contributed by atoms with Crippen LogP contribution in [0.5, 0.6) is 5.88 Å². The second kappa shape index (κ2) is 6.95. The molecule has 3 rings (SSSR count). The molecule has 4 nitrogen and oxygen atoms in total. The molecular formula is C18H24N2O2. The van der Waals surface area contributed by atoms with Gasteiger partial charge in [0.1, 0.15) is 6.10 Å². The molecule has 0 spiro atoms. The Morgan fingerprint density at radius 2 is 2.05 bits per heavy atom. The fourth-order valence-corrected chi connectivity index (χ4v) is 3.22. The number of ether oxygens (including phenoxy) is 1. The molecule has 0 radical (unpaired) electrons. The first-order valence-corrected chi connectivity index (χ1v) is 8.26. The van der Waals surface area contributed by atoms with Crippen molar-refractivity contribution >= 4 is 5.91 Å². The van der Waals surface area contributed by atoms with Crippen LogP contribution in [0.25, 0.3) is 0 Å². The summed E-state index contributed by atoms with van der Waals surface area (Å²) in [6.45, 7) is 3.57. The molecule has 0 bridgehead atoms. The molecule has 4 heteroatoms. The maximum atomic E-state index is 12.5. The van der Waals surface area contributed by atoms with Crippen molar-refractivity contribution in [3.05, 3.63) is 36.0 Å². The predicted octanol–water partition coefficient (Wildman–Crippen LogP) is 3.12. The van der Waals surface area contributed by atoms with E-state index in [1.807, 2.05) is 30.0 Å². The molecule has 118 valence electrons. The number of hydrogen-bond acceptors (Lipinski definition) is 3. The zero-order valence-corrected chi connectivity index (χ0v) is 13.2. The van der Waals surface area contributed by atoms with Crippen LogP contribution in [-0.4, -0.2) is 35.0 Å². The summed E-state index contributed by atoms with van der Waals surface area (Å²) in [6.07, 6.45) is 9.22. The molecule has 1 aliphatic carbocycles. The normalized spacial score (nSPS) is 22.6. The fraction of sp³-hybridized carbons (Fsp3) is 0.556. The van der Waals surface area contributed by atoms with E-state index in [1.54, 1.807) is 0 Å². The van der Waals surface area contributed by atoms with Gasteiger partial charge in [0.15, 0.2) is 0 Å². The largest absolute Gasteiger partial charge is 0.474 e. The SMILES string of the molecule is Cc1cccc(OC2CCN(C(=O)[C@H]3CC=CCC3)CC2)n1. The first-order chi connectivity index (χ1) is 10.7. The van der Waals surface area contributed by atoms with Crippen LogP contribution in [0, 0.1) is 12.8 Å². The van der Waals surface area contributed by atoms with Crippen LogP contribution >= 0.6 is 0 Å². The minimum absolute atomic E-state index is 0.171. The Hall–Kier alpha value is -1.84. The second-order valence-electron chi connectivity index (χ2n) is 6.24. The van der Waals surface area contributed by atoms with E-state index in [2.05, 4.69) is 17.1 Å². The summed E-state index contributed by atoms with van der Waals surface area (Å²) in [4.78, 5) is 18.9. The van der Waals surface area contributed by atoms with E-state index in [4.69, 9.17) is 4.74 Å². The van der Waals surface area contributed by atoms with Gasteiger partial charge in [-0.15, -0.1) is 0 Å². The first kappa shape index (κ1) is 15.1. The highest BCUT2D eigenvalue weighted by atomic mass is 16.5. The quantitative estimate of drug-likeness (QED) is 0.806. The number of allylic oxidation sites excluding steroid dienone is 2. The lowest BCUT2D eigenvalue weighted by atomic mass is 9.92. The molecule has 22 heavy (non-hydrogen) atoms. The second-order valence-corrected chi connectivity index (χ2v) is 6.24.